The van der Waals surface area contributed by atoms with Crippen molar-refractivity contribution < 1.29 is 39.8 Å². The zero-order chi connectivity index (χ0) is 21.2. The van der Waals surface area contributed by atoms with Gasteiger partial charge in [0.05, 0.1) is 26.4 Å². The first-order valence-corrected chi connectivity index (χ1v) is 10.5. The zero-order valence-corrected chi connectivity index (χ0v) is 17.2. The van der Waals surface area contributed by atoms with Crippen LogP contribution >= 0.6 is 0 Å². The molecule has 0 aromatic heterocycles. The van der Waals surface area contributed by atoms with Crippen LogP contribution in [0.4, 0.5) is 0 Å². The van der Waals surface area contributed by atoms with Gasteiger partial charge in [-0.3, -0.25) is 4.79 Å². The number of ether oxygens (including phenoxy) is 2. The summed E-state index contributed by atoms with van der Waals surface area (Å²) in [7, 11) is 0. The molecule has 0 aliphatic carbocycles. The molecule has 0 bridgehead atoms. The minimum absolute atomic E-state index is 0.0157. The van der Waals surface area contributed by atoms with E-state index < -0.39 is 37.0 Å². The summed E-state index contributed by atoms with van der Waals surface area (Å²) in [5, 5.41) is 43.8. The van der Waals surface area contributed by atoms with Crippen LogP contribution in [0.5, 0.6) is 0 Å². The molecular weight excluding hydrogens is 368 g/mol. The number of hydrogen-bond acceptors (Lipinski definition) is 8. The molecule has 0 amide bonds. The summed E-state index contributed by atoms with van der Waals surface area (Å²) >= 11 is 0. The summed E-state index contributed by atoms with van der Waals surface area (Å²) in [6, 6.07) is 0. The van der Waals surface area contributed by atoms with Crippen LogP contribution < -0.4 is 0 Å². The Morgan fingerprint density at radius 2 is 1.50 bits per heavy atom. The molecule has 1 heterocycles. The van der Waals surface area contributed by atoms with Gasteiger partial charge in [0.1, 0.15) is 18.3 Å². The number of rotatable bonds is 14. The fourth-order valence-corrected chi connectivity index (χ4v) is 2.97. The molecule has 0 saturated carbocycles. The molecule has 1 rings (SSSR count). The van der Waals surface area contributed by atoms with Crippen molar-refractivity contribution in [3.05, 3.63) is 0 Å². The van der Waals surface area contributed by atoms with Gasteiger partial charge < -0.3 is 35.0 Å². The molecule has 8 nitrogen and oxygen atoms in total. The van der Waals surface area contributed by atoms with Gasteiger partial charge in [-0.05, 0) is 6.42 Å². The third kappa shape index (κ3) is 12.6. The number of carbonyl (C=O) groups excluding carboxylic acids is 1. The summed E-state index contributed by atoms with van der Waals surface area (Å²) < 4.78 is 10.4. The molecule has 1 aliphatic heterocycles. The first-order chi connectivity index (χ1) is 13.5. The Kier molecular flexibility index (Phi) is 17.8. The largest absolute Gasteiger partial charge is 0.457 e. The Hall–Kier alpha value is -0.770. The number of aliphatic hydroxyl groups excluding tert-OH is 5. The zero-order valence-electron chi connectivity index (χ0n) is 17.2. The van der Waals surface area contributed by atoms with Crippen LogP contribution in [0.25, 0.3) is 0 Å². The van der Waals surface area contributed by atoms with E-state index in [4.69, 9.17) is 19.7 Å². The Bertz CT molecular complexity index is 364. The molecule has 1 fully saturated rings. The van der Waals surface area contributed by atoms with Crippen molar-refractivity contribution in [2.45, 2.75) is 95.5 Å². The van der Waals surface area contributed by atoms with Crippen LogP contribution in [-0.2, 0) is 14.3 Å². The highest BCUT2D eigenvalue weighted by molar-refractivity contribution is 5.69. The molecule has 28 heavy (non-hydrogen) atoms. The lowest BCUT2D eigenvalue weighted by Crippen LogP contribution is -2.43. The third-order valence-electron chi connectivity index (χ3n) is 4.60. The summed E-state index contributed by atoms with van der Waals surface area (Å²) in [4.78, 5) is 11.8. The normalized spacial score (nSPS) is 22.4. The van der Waals surface area contributed by atoms with Crippen LogP contribution in [0.3, 0.4) is 0 Å². The van der Waals surface area contributed by atoms with E-state index in [0.717, 1.165) is 19.3 Å². The SMILES string of the molecule is CCCCCCCCCCCC(=O)O[C@H](CO)[C@H]1OC[C@H](O)[C@H]1O.OCCO. The number of aliphatic hydroxyl groups is 5. The van der Waals surface area contributed by atoms with Crippen molar-refractivity contribution in [2.24, 2.45) is 0 Å². The smallest absolute Gasteiger partial charge is 0.306 e. The number of unbranched alkanes of at least 4 members (excludes halogenated alkanes) is 8. The Morgan fingerprint density at radius 1 is 0.964 bits per heavy atom. The van der Waals surface area contributed by atoms with Gasteiger partial charge in [-0.1, -0.05) is 58.3 Å². The molecule has 168 valence electrons. The van der Waals surface area contributed by atoms with Crippen molar-refractivity contribution in [3.8, 4) is 0 Å². The molecule has 0 aromatic carbocycles. The molecule has 5 N–H and O–H groups in total. The lowest BCUT2D eigenvalue weighted by molar-refractivity contribution is -0.162. The molecule has 0 radical (unpaired) electrons. The number of esters is 1. The van der Waals surface area contributed by atoms with Crippen LogP contribution in [0.15, 0.2) is 0 Å². The lowest BCUT2D eigenvalue weighted by Gasteiger charge is -2.24. The molecule has 8 heteroatoms. The Labute approximate surface area is 168 Å². The van der Waals surface area contributed by atoms with E-state index in [9.17, 15) is 20.1 Å². The summed E-state index contributed by atoms with van der Waals surface area (Å²) in [5.41, 5.74) is 0. The van der Waals surface area contributed by atoms with E-state index in [0.29, 0.717) is 6.42 Å². The summed E-state index contributed by atoms with van der Waals surface area (Å²) in [6.07, 6.45) is 6.91. The van der Waals surface area contributed by atoms with Crippen molar-refractivity contribution in [2.75, 3.05) is 26.4 Å². The van der Waals surface area contributed by atoms with Crippen molar-refractivity contribution in [3.63, 3.8) is 0 Å². The minimum atomic E-state index is -1.14. The maximum Gasteiger partial charge on any atom is 0.306 e. The topological polar surface area (TPSA) is 137 Å². The van der Waals surface area contributed by atoms with Gasteiger partial charge in [-0.25, -0.2) is 0 Å². The van der Waals surface area contributed by atoms with E-state index in [1.807, 2.05) is 0 Å². The maximum absolute atomic E-state index is 11.8. The van der Waals surface area contributed by atoms with Crippen LogP contribution in [0.1, 0.15) is 71.1 Å². The minimum Gasteiger partial charge on any atom is -0.457 e. The maximum atomic E-state index is 11.8. The first kappa shape index (κ1) is 27.2. The van der Waals surface area contributed by atoms with Crippen LogP contribution in [0, 0.1) is 0 Å². The molecule has 4 atom stereocenters. The second kappa shape index (κ2) is 18.3. The highest BCUT2D eigenvalue weighted by Crippen LogP contribution is 2.20. The molecule has 0 spiro atoms. The van der Waals surface area contributed by atoms with Crippen molar-refractivity contribution in [1.82, 2.24) is 0 Å². The Balaban J connectivity index is 0.00000165. The second-order valence-corrected chi connectivity index (χ2v) is 7.09. The molecular formula is C20H40O8. The highest BCUT2D eigenvalue weighted by Gasteiger charge is 2.41. The first-order valence-electron chi connectivity index (χ1n) is 10.5. The van der Waals surface area contributed by atoms with E-state index in [2.05, 4.69) is 6.92 Å². The van der Waals surface area contributed by atoms with Crippen LogP contribution in [-0.4, -0.2) is 82.3 Å². The van der Waals surface area contributed by atoms with Gasteiger partial charge in [-0.2, -0.15) is 0 Å². The summed E-state index contributed by atoms with van der Waals surface area (Å²) in [6.45, 7) is 1.51. The average molecular weight is 409 g/mol. The van der Waals surface area contributed by atoms with E-state index in [1.165, 1.54) is 38.5 Å². The third-order valence-corrected chi connectivity index (χ3v) is 4.60. The standard InChI is InChI=1S/C18H34O6.C2H6O2/c1-2-3-4-5-6-7-8-9-10-11-16(21)24-15(12-19)18-17(22)14(20)13-23-18;3-1-2-4/h14-15,17-20,22H,2-13H2,1H3;3-4H,1-2H2/t14-,15+,17+,18+;/m0./s1. The van der Waals surface area contributed by atoms with Gasteiger partial charge in [0, 0.05) is 6.42 Å². The fraction of sp³-hybridized carbons (Fsp3) is 0.950. The second-order valence-electron chi connectivity index (χ2n) is 7.09. The van der Waals surface area contributed by atoms with Crippen LogP contribution in [0.2, 0.25) is 0 Å². The van der Waals surface area contributed by atoms with Gasteiger partial charge in [0.2, 0.25) is 0 Å². The van der Waals surface area contributed by atoms with E-state index >= 15 is 0 Å². The van der Waals surface area contributed by atoms with E-state index in [-0.39, 0.29) is 19.8 Å². The highest BCUT2D eigenvalue weighted by atomic mass is 16.6. The molecule has 1 aliphatic rings. The summed E-state index contributed by atoms with van der Waals surface area (Å²) in [5.74, 6) is -0.394. The molecule has 0 unspecified atom stereocenters. The van der Waals surface area contributed by atoms with Crippen molar-refractivity contribution >= 4 is 5.97 Å². The number of carbonyl (C=O) groups is 1. The van der Waals surface area contributed by atoms with Gasteiger partial charge in [0.15, 0.2) is 6.10 Å². The van der Waals surface area contributed by atoms with Gasteiger partial charge in [-0.15, -0.1) is 0 Å². The average Bonchev–Trinajstić information content (AvgIpc) is 3.03. The quantitative estimate of drug-likeness (QED) is 0.211. The molecule has 1 saturated heterocycles. The van der Waals surface area contributed by atoms with E-state index in [1.54, 1.807) is 0 Å². The number of hydrogen-bond donors (Lipinski definition) is 5. The van der Waals surface area contributed by atoms with Crippen molar-refractivity contribution in [1.29, 1.82) is 0 Å². The van der Waals surface area contributed by atoms with Gasteiger partial charge in [0.25, 0.3) is 0 Å². The predicted octanol–water partition coefficient (Wildman–Crippen LogP) is 0.903. The predicted molar refractivity (Wildman–Crippen MR) is 105 cm³/mol. The van der Waals surface area contributed by atoms with Gasteiger partial charge >= 0.3 is 5.97 Å². The Morgan fingerprint density at radius 3 is 1.93 bits per heavy atom. The monoisotopic (exact) mass is 408 g/mol. The lowest BCUT2D eigenvalue weighted by atomic mass is 10.1. The molecule has 0 aromatic rings. The fourth-order valence-electron chi connectivity index (χ4n) is 2.97.